The van der Waals surface area contributed by atoms with E-state index in [0.29, 0.717) is 31.8 Å². The standard InChI is InChI=1S/C24H16N2.2C18H12F3P.Cu.NO3/c1-3-7-17(8-4-1)19-13-15-25-23-21(19)11-12-22-20(14-16-26-24(22)23)18-9-5-2-6-10-18;2*19-13-7-1-4-10-16(13)22(17-11-5-2-8-14(17)20)18-12-6-3-9-15(18)21;;2-1(3)4/h1-16H;2*1-12H;;/q;;;+1;-1. The molecule has 15 heteroatoms. The van der Waals surface area contributed by atoms with Gasteiger partial charge in [0.25, 0.3) is 0 Å². The fraction of sp³-hybridized carbons (Fsp3) is 0. The van der Waals surface area contributed by atoms with Crippen LogP contribution in [-0.4, -0.2) is 15.1 Å². The Kier molecular flexibility index (Phi) is 19.2. The van der Waals surface area contributed by atoms with Gasteiger partial charge in [-0.25, -0.2) is 26.3 Å². The van der Waals surface area contributed by atoms with Crippen LogP contribution in [0.3, 0.4) is 0 Å². The first-order chi connectivity index (χ1) is 36.0. The zero-order chi connectivity index (χ0) is 52.0. The quantitative estimate of drug-likeness (QED) is 0.0377. The zero-order valence-corrected chi connectivity index (χ0v) is 41.9. The van der Waals surface area contributed by atoms with Crippen molar-refractivity contribution in [1.29, 1.82) is 0 Å². The van der Waals surface area contributed by atoms with Crippen molar-refractivity contribution in [2.45, 2.75) is 0 Å². The molecule has 11 rings (SSSR count). The second-order valence-corrected chi connectivity index (χ2v) is 20.1. The van der Waals surface area contributed by atoms with E-state index in [9.17, 15) is 26.3 Å². The molecule has 0 aliphatic heterocycles. The van der Waals surface area contributed by atoms with Gasteiger partial charge in [-0.05, 0) is 86.6 Å². The molecule has 9 aromatic carbocycles. The van der Waals surface area contributed by atoms with Crippen LogP contribution in [0.2, 0.25) is 0 Å². The number of aromatic nitrogens is 2. The third-order valence-electron chi connectivity index (χ3n) is 11.4. The van der Waals surface area contributed by atoms with Crippen LogP contribution in [0.4, 0.5) is 26.3 Å². The minimum absolute atomic E-state index is 0. The van der Waals surface area contributed by atoms with E-state index in [0.717, 1.165) is 21.8 Å². The van der Waals surface area contributed by atoms with Gasteiger partial charge in [-0.1, -0.05) is 182 Å². The first-order valence-electron chi connectivity index (χ1n) is 22.7. The van der Waals surface area contributed by atoms with Crippen molar-refractivity contribution in [3.8, 4) is 22.3 Å². The molecule has 0 saturated heterocycles. The average molecular weight is 1090 g/mol. The smallest absolute Gasteiger partial charge is 0.356 e. The van der Waals surface area contributed by atoms with Crippen molar-refractivity contribution >= 4 is 69.5 Å². The van der Waals surface area contributed by atoms with E-state index in [1.165, 1.54) is 58.7 Å². The molecule has 2 aromatic heterocycles. The van der Waals surface area contributed by atoms with Gasteiger partial charge in [0, 0.05) is 55.0 Å². The van der Waals surface area contributed by atoms with Crippen LogP contribution in [0, 0.1) is 50.2 Å². The van der Waals surface area contributed by atoms with E-state index in [1.807, 2.05) is 24.5 Å². The number of hydrogen-bond acceptors (Lipinski definition) is 5. The molecule has 11 aromatic rings. The van der Waals surface area contributed by atoms with Crippen LogP contribution < -0.4 is 31.8 Å². The Morgan fingerprint density at radius 2 is 0.533 bits per heavy atom. The summed E-state index contributed by atoms with van der Waals surface area (Å²) in [7, 11) is -3.27. The van der Waals surface area contributed by atoms with Crippen LogP contribution in [0.1, 0.15) is 0 Å². The van der Waals surface area contributed by atoms with Gasteiger partial charge in [0.15, 0.2) is 0 Å². The molecule has 0 fully saturated rings. The van der Waals surface area contributed by atoms with Gasteiger partial charge in [0.05, 0.1) is 16.1 Å². The Labute approximate surface area is 441 Å². The maximum atomic E-state index is 14.2. The molecule has 0 amide bonds. The summed E-state index contributed by atoms with van der Waals surface area (Å²) < 4.78 is 85.5. The van der Waals surface area contributed by atoms with Crippen molar-refractivity contribution in [3.05, 3.63) is 293 Å². The number of halogens is 6. The minimum Gasteiger partial charge on any atom is -0.356 e. The van der Waals surface area contributed by atoms with Crippen LogP contribution in [0.5, 0.6) is 0 Å². The number of pyridine rings is 2. The summed E-state index contributed by atoms with van der Waals surface area (Å²) >= 11 is 0. The Morgan fingerprint density at radius 1 is 0.320 bits per heavy atom. The fourth-order valence-electron chi connectivity index (χ4n) is 8.14. The van der Waals surface area contributed by atoms with Crippen molar-refractivity contribution in [2.75, 3.05) is 0 Å². The third kappa shape index (κ3) is 13.2. The molecule has 0 bridgehead atoms. The molecule has 0 N–H and O–H groups in total. The fourth-order valence-corrected chi connectivity index (χ4v) is 12.8. The molecule has 0 spiro atoms. The molecule has 0 aliphatic carbocycles. The van der Waals surface area contributed by atoms with Crippen molar-refractivity contribution in [2.24, 2.45) is 0 Å². The van der Waals surface area contributed by atoms with E-state index in [2.05, 4.69) is 82.8 Å². The van der Waals surface area contributed by atoms with Gasteiger partial charge >= 0.3 is 17.1 Å². The Bertz CT molecular complexity index is 3240. The van der Waals surface area contributed by atoms with Gasteiger partial charge in [-0.2, -0.15) is 0 Å². The van der Waals surface area contributed by atoms with Crippen molar-refractivity contribution in [3.63, 3.8) is 0 Å². The van der Waals surface area contributed by atoms with E-state index >= 15 is 0 Å². The predicted molar refractivity (Wildman–Crippen MR) is 288 cm³/mol. The Hall–Kier alpha value is -8.04. The molecule has 0 atom stereocenters. The molecule has 0 saturated carbocycles. The topological polar surface area (TPSA) is 92.0 Å². The molecular weight excluding hydrogens is 1050 g/mol. The van der Waals surface area contributed by atoms with Gasteiger partial charge in [-0.3, -0.25) is 9.97 Å². The molecule has 376 valence electrons. The van der Waals surface area contributed by atoms with Gasteiger partial charge in [0.2, 0.25) is 0 Å². The molecule has 2 heterocycles. The summed E-state index contributed by atoms with van der Waals surface area (Å²) in [6, 6.07) is 66.2. The maximum absolute atomic E-state index is 14.2. The second-order valence-electron chi connectivity index (χ2n) is 15.9. The molecular formula is C60H40CuF6N3O3P2. The van der Waals surface area contributed by atoms with E-state index in [-0.39, 0.29) is 17.1 Å². The maximum Gasteiger partial charge on any atom is 1.00 e. The summed E-state index contributed by atoms with van der Waals surface area (Å²) in [5.41, 5.74) is 6.65. The summed E-state index contributed by atoms with van der Waals surface area (Å²) in [5.74, 6) is -2.75. The van der Waals surface area contributed by atoms with Crippen LogP contribution in [-0.2, 0) is 17.1 Å². The molecule has 0 unspecified atom stereocenters. The van der Waals surface area contributed by atoms with E-state index in [1.54, 1.807) is 109 Å². The summed E-state index contributed by atoms with van der Waals surface area (Å²) in [5, 5.41) is 18.9. The van der Waals surface area contributed by atoms with Crippen molar-refractivity contribution < 1.29 is 48.5 Å². The van der Waals surface area contributed by atoms with E-state index in [4.69, 9.17) is 15.3 Å². The summed E-state index contributed by atoms with van der Waals surface area (Å²) in [6.07, 6.45) is 3.75. The summed E-state index contributed by atoms with van der Waals surface area (Å²) in [4.78, 5) is 17.6. The van der Waals surface area contributed by atoms with Gasteiger partial charge < -0.3 is 15.3 Å². The first-order valence-corrected chi connectivity index (χ1v) is 25.4. The molecule has 6 nitrogen and oxygen atoms in total. The normalized spacial score (nSPS) is 10.6. The first kappa shape index (κ1) is 54.7. The minimum atomic E-state index is -1.75. The second kappa shape index (κ2) is 26.3. The van der Waals surface area contributed by atoms with Crippen LogP contribution >= 0.6 is 15.8 Å². The molecule has 75 heavy (non-hydrogen) atoms. The van der Waals surface area contributed by atoms with Crippen LogP contribution in [0.15, 0.2) is 243 Å². The number of benzene rings is 9. The largest absolute Gasteiger partial charge is 1.00 e. The SMILES string of the molecule is Fc1ccccc1P(c1ccccc1F)c1ccccc1F.Fc1ccccc1P(c1ccccc1F)c1ccccc1F.O=[N+]([O-])[O-].[Cu+].c1ccc(-c2ccnc3c2ccc2c(-c4ccccc4)ccnc23)cc1. The van der Waals surface area contributed by atoms with Gasteiger partial charge in [-0.15, -0.1) is 0 Å². The molecule has 0 radical (unpaired) electrons. The van der Waals surface area contributed by atoms with Crippen LogP contribution in [0.25, 0.3) is 44.1 Å². The Balaban J connectivity index is 0.000000158. The average Bonchev–Trinajstić information content (AvgIpc) is 3.42. The predicted octanol–water partition coefficient (Wildman–Crippen LogP) is 13.6. The molecule has 0 aliphatic rings. The van der Waals surface area contributed by atoms with Gasteiger partial charge in [0.1, 0.15) is 34.9 Å². The third-order valence-corrected chi connectivity index (χ3v) is 16.4. The summed E-state index contributed by atoms with van der Waals surface area (Å²) in [6.45, 7) is 0. The zero-order valence-electron chi connectivity index (χ0n) is 39.1. The monoisotopic (exact) mass is 1090 g/mol. The number of rotatable bonds is 8. The van der Waals surface area contributed by atoms with E-state index < -0.39 is 55.8 Å². The number of hydrogen-bond donors (Lipinski definition) is 0. The van der Waals surface area contributed by atoms with Crippen molar-refractivity contribution in [1.82, 2.24) is 9.97 Å². The number of nitrogens with zero attached hydrogens (tertiary/aromatic N) is 3. The number of fused-ring (bicyclic) bond motifs is 3. The Morgan fingerprint density at radius 3 is 0.760 bits per heavy atom.